The first-order valence-electron chi connectivity index (χ1n) is 8.27. The van der Waals surface area contributed by atoms with E-state index in [0.717, 1.165) is 22.7 Å². The molecule has 7 nitrogen and oxygen atoms in total. The Bertz CT molecular complexity index is 848. The summed E-state index contributed by atoms with van der Waals surface area (Å²) in [6.07, 6.45) is 1.73. The normalized spacial score (nSPS) is 12.0. The average Bonchev–Trinajstić information content (AvgIpc) is 3.16. The zero-order valence-electron chi connectivity index (χ0n) is 15.3. The number of anilines is 1. The van der Waals surface area contributed by atoms with Crippen LogP contribution in [-0.4, -0.2) is 36.4 Å². The molecule has 26 heavy (non-hydrogen) atoms. The second-order valence-corrected chi connectivity index (χ2v) is 5.88. The highest BCUT2D eigenvalue weighted by atomic mass is 16.5. The van der Waals surface area contributed by atoms with E-state index in [1.807, 2.05) is 37.4 Å². The third-order valence-corrected chi connectivity index (χ3v) is 4.27. The Morgan fingerprint density at radius 2 is 1.96 bits per heavy atom. The Kier molecular flexibility index (Phi) is 5.48. The van der Waals surface area contributed by atoms with Crippen LogP contribution in [0, 0.1) is 0 Å². The van der Waals surface area contributed by atoms with Crippen LogP contribution in [-0.2, 0) is 11.3 Å². The molecule has 0 N–H and O–H groups in total. The van der Waals surface area contributed by atoms with Crippen LogP contribution in [0.5, 0.6) is 5.75 Å². The van der Waals surface area contributed by atoms with Crippen LogP contribution in [0.3, 0.4) is 0 Å². The van der Waals surface area contributed by atoms with Crippen molar-refractivity contribution >= 4 is 5.82 Å². The van der Waals surface area contributed by atoms with Crippen LogP contribution in [0.4, 0.5) is 5.82 Å². The number of hydrogen-bond acceptors (Lipinski definition) is 7. The van der Waals surface area contributed by atoms with Gasteiger partial charge in [-0.2, -0.15) is 4.98 Å². The monoisotopic (exact) mass is 354 g/mol. The first kappa shape index (κ1) is 17.9. The number of benzene rings is 1. The van der Waals surface area contributed by atoms with Gasteiger partial charge in [-0.25, -0.2) is 4.98 Å². The van der Waals surface area contributed by atoms with E-state index in [9.17, 15) is 0 Å². The predicted octanol–water partition coefficient (Wildman–Crippen LogP) is 3.48. The van der Waals surface area contributed by atoms with E-state index in [1.54, 1.807) is 20.4 Å². The van der Waals surface area contributed by atoms with E-state index < -0.39 is 0 Å². The second kappa shape index (κ2) is 7.97. The smallest absolute Gasteiger partial charge is 0.259 e. The molecule has 0 aliphatic heterocycles. The van der Waals surface area contributed by atoms with Gasteiger partial charge >= 0.3 is 0 Å². The van der Waals surface area contributed by atoms with Gasteiger partial charge in [-0.3, -0.25) is 0 Å². The Balaban J connectivity index is 1.78. The van der Waals surface area contributed by atoms with Gasteiger partial charge in [0.1, 0.15) is 18.2 Å². The highest BCUT2D eigenvalue weighted by molar-refractivity contribution is 5.55. The van der Waals surface area contributed by atoms with Gasteiger partial charge in [-0.15, -0.1) is 0 Å². The molecule has 0 radical (unpaired) electrons. The molecule has 136 valence electrons. The van der Waals surface area contributed by atoms with Gasteiger partial charge in [0.15, 0.2) is 5.82 Å². The zero-order valence-corrected chi connectivity index (χ0v) is 15.3. The molecule has 3 aromatic rings. The van der Waals surface area contributed by atoms with E-state index >= 15 is 0 Å². The summed E-state index contributed by atoms with van der Waals surface area (Å²) in [6.45, 7) is 2.43. The van der Waals surface area contributed by atoms with Gasteiger partial charge in [-0.05, 0) is 25.1 Å². The van der Waals surface area contributed by atoms with Crippen molar-refractivity contribution in [2.75, 3.05) is 26.2 Å². The summed E-state index contributed by atoms with van der Waals surface area (Å²) in [5.41, 5.74) is 1.87. The lowest BCUT2D eigenvalue weighted by atomic mass is 10.1. The molecule has 0 bridgehead atoms. The molecule has 7 heteroatoms. The fourth-order valence-corrected chi connectivity index (χ4v) is 2.70. The van der Waals surface area contributed by atoms with Crippen LogP contribution in [0.1, 0.15) is 24.4 Å². The van der Waals surface area contributed by atoms with E-state index in [2.05, 4.69) is 33.0 Å². The first-order valence-corrected chi connectivity index (χ1v) is 8.27. The first-order chi connectivity index (χ1) is 12.6. The number of methoxy groups -OCH3 is 2. The maximum atomic E-state index is 5.47. The van der Waals surface area contributed by atoms with Crippen molar-refractivity contribution in [1.82, 2.24) is 15.1 Å². The maximum absolute atomic E-state index is 5.47. The number of rotatable bonds is 7. The average molecular weight is 354 g/mol. The third-order valence-electron chi connectivity index (χ3n) is 4.27. The van der Waals surface area contributed by atoms with E-state index in [-0.39, 0.29) is 6.04 Å². The molecular formula is C19H22N4O3. The molecule has 1 atom stereocenters. The standard InChI is InChI=1S/C19H22N4O3/c1-13(15-7-5-6-8-16(15)25-4)23(2)18-10-9-14(11-20-18)19-21-17(12-24-3)22-26-19/h5-11,13H,12H2,1-4H3. The third kappa shape index (κ3) is 3.67. The minimum absolute atomic E-state index is 0.0983. The van der Waals surface area contributed by atoms with Crippen LogP contribution in [0.25, 0.3) is 11.5 Å². The molecule has 2 aromatic heterocycles. The highest BCUT2D eigenvalue weighted by Crippen LogP contribution is 2.31. The van der Waals surface area contributed by atoms with E-state index in [4.69, 9.17) is 14.0 Å². The summed E-state index contributed by atoms with van der Waals surface area (Å²) >= 11 is 0. The summed E-state index contributed by atoms with van der Waals surface area (Å²) in [7, 11) is 5.27. The molecule has 2 heterocycles. The summed E-state index contributed by atoms with van der Waals surface area (Å²) in [6, 6.07) is 11.9. The Morgan fingerprint density at radius 3 is 2.65 bits per heavy atom. The number of aromatic nitrogens is 3. The molecule has 0 saturated heterocycles. The molecule has 0 aliphatic rings. The summed E-state index contributed by atoms with van der Waals surface area (Å²) in [5, 5.41) is 3.86. The van der Waals surface area contributed by atoms with E-state index in [1.165, 1.54) is 0 Å². The molecular weight excluding hydrogens is 332 g/mol. The van der Waals surface area contributed by atoms with Crippen molar-refractivity contribution in [1.29, 1.82) is 0 Å². The summed E-state index contributed by atoms with van der Waals surface area (Å²) < 4.78 is 15.7. The second-order valence-electron chi connectivity index (χ2n) is 5.88. The molecule has 0 saturated carbocycles. The predicted molar refractivity (Wildman–Crippen MR) is 98.1 cm³/mol. The minimum atomic E-state index is 0.0983. The highest BCUT2D eigenvalue weighted by Gasteiger charge is 2.17. The maximum Gasteiger partial charge on any atom is 0.259 e. The Hall–Kier alpha value is -2.93. The Labute approximate surface area is 152 Å². The van der Waals surface area contributed by atoms with Crippen molar-refractivity contribution in [3.05, 3.63) is 54.0 Å². The summed E-state index contributed by atoms with van der Waals surface area (Å²) in [4.78, 5) is 10.9. The minimum Gasteiger partial charge on any atom is -0.496 e. The molecule has 0 spiro atoms. The van der Waals surface area contributed by atoms with Crippen molar-refractivity contribution < 1.29 is 14.0 Å². The van der Waals surface area contributed by atoms with Gasteiger partial charge in [0.05, 0.1) is 18.7 Å². The van der Waals surface area contributed by atoms with Crippen LogP contribution in [0.15, 0.2) is 47.1 Å². The number of para-hydroxylation sites is 1. The van der Waals surface area contributed by atoms with Gasteiger partial charge in [0.2, 0.25) is 0 Å². The van der Waals surface area contributed by atoms with Crippen molar-refractivity contribution in [3.8, 4) is 17.2 Å². The molecule has 1 unspecified atom stereocenters. The van der Waals surface area contributed by atoms with Gasteiger partial charge in [0.25, 0.3) is 5.89 Å². The summed E-state index contributed by atoms with van der Waals surface area (Å²) in [5.74, 6) is 2.63. The lowest BCUT2D eigenvalue weighted by Gasteiger charge is -2.27. The van der Waals surface area contributed by atoms with Gasteiger partial charge < -0.3 is 18.9 Å². The lowest BCUT2D eigenvalue weighted by molar-refractivity contribution is 0.174. The van der Waals surface area contributed by atoms with Crippen LogP contribution >= 0.6 is 0 Å². The molecule has 1 aromatic carbocycles. The van der Waals surface area contributed by atoms with Crippen molar-refractivity contribution in [3.63, 3.8) is 0 Å². The topological polar surface area (TPSA) is 73.5 Å². The zero-order chi connectivity index (χ0) is 18.5. The molecule has 0 aliphatic carbocycles. The van der Waals surface area contributed by atoms with Crippen LogP contribution in [0.2, 0.25) is 0 Å². The number of pyridine rings is 1. The fraction of sp³-hybridized carbons (Fsp3) is 0.316. The number of hydrogen-bond donors (Lipinski definition) is 0. The fourth-order valence-electron chi connectivity index (χ4n) is 2.70. The van der Waals surface area contributed by atoms with Crippen molar-refractivity contribution in [2.45, 2.75) is 19.6 Å². The van der Waals surface area contributed by atoms with Crippen LogP contribution < -0.4 is 9.64 Å². The Morgan fingerprint density at radius 1 is 1.15 bits per heavy atom. The SMILES string of the molecule is COCc1noc(-c2ccc(N(C)C(C)c3ccccc3OC)nc2)n1. The molecule has 0 fully saturated rings. The molecule has 3 rings (SSSR count). The van der Waals surface area contributed by atoms with Gasteiger partial charge in [0, 0.05) is 25.9 Å². The van der Waals surface area contributed by atoms with E-state index in [0.29, 0.717) is 18.3 Å². The lowest BCUT2D eigenvalue weighted by Crippen LogP contribution is -2.23. The quantitative estimate of drug-likeness (QED) is 0.643. The van der Waals surface area contributed by atoms with Crippen molar-refractivity contribution in [2.24, 2.45) is 0 Å². The number of nitrogens with zero attached hydrogens (tertiary/aromatic N) is 4. The largest absolute Gasteiger partial charge is 0.496 e. The molecule has 0 amide bonds. The number of ether oxygens (including phenoxy) is 2. The van der Waals surface area contributed by atoms with Gasteiger partial charge in [-0.1, -0.05) is 23.4 Å².